The second kappa shape index (κ2) is 6.34. The molecule has 0 saturated carbocycles. The predicted octanol–water partition coefficient (Wildman–Crippen LogP) is 2.48. The highest BCUT2D eigenvalue weighted by atomic mass is 16.6. The van der Waals surface area contributed by atoms with E-state index in [1.54, 1.807) is 24.4 Å². The molecule has 0 spiro atoms. The van der Waals surface area contributed by atoms with Crippen LogP contribution >= 0.6 is 0 Å². The van der Waals surface area contributed by atoms with Gasteiger partial charge in [-0.3, -0.25) is 10.1 Å². The lowest BCUT2D eigenvalue weighted by molar-refractivity contribution is -0.385. The van der Waals surface area contributed by atoms with Gasteiger partial charge < -0.3 is 10.1 Å². The second-order valence-electron chi connectivity index (χ2n) is 4.16. The highest BCUT2D eigenvalue weighted by Crippen LogP contribution is 2.22. The molecule has 0 aliphatic heterocycles. The highest BCUT2D eigenvalue weighted by Gasteiger charge is 2.13. The molecule has 7 nitrogen and oxygen atoms in total. The van der Waals surface area contributed by atoms with Crippen molar-refractivity contribution in [1.29, 1.82) is 5.26 Å². The van der Waals surface area contributed by atoms with Gasteiger partial charge in [-0.15, -0.1) is 0 Å². The number of anilines is 1. The Bertz CT molecular complexity index is 692. The van der Waals surface area contributed by atoms with E-state index < -0.39 is 4.92 Å². The summed E-state index contributed by atoms with van der Waals surface area (Å²) >= 11 is 0. The molecule has 0 bridgehead atoms. The molecular formula is C14H12N4O3. The van der Waals surface area contributed by atoms with E-state index in [1.165, 1.54) is 19.2 Å². The molecule has 1 aromatic heterocycles. The van der Waals surface area contributed by atoms with Gasteiger partial charge in [-0.1, -0.05) is 6.07 Å². The first-order chi connectivity index (χ1) is 10.1. The molecule has 106 valence electrons. The van der Waals surface area contributed by atoms with Gasteiger partial charge in [0.1, 0.15) is 11.6 Å². The summed E-state index contributed by atoms with van der Waals surface area (Å²) in [4.78, 5) is 14.4. The summed E-state index contributed by atoms with van der Waals surface area (Å²) in [6.45, 7) is 0.458. The largest absolute Gasteiger partial charge is 0.481 e. The van der Waals surface area contributed by atoms with Crippen molar-refractivity contribution in [3.05, 3.63) is 57.8 Å². The Hall–Kier alpha value is -3.14. The molecule has 0 amide bonds. The lowest BCUT2D eigenvalue weighted by Crippen LogP contribution is -2.01. The fraction of sp³-hybridized carbons (Fsp3) is 0.143. The maximum absolute atomic E-state index is 10.9. The molecule has 0 radical (unpaired) electrons. The number of nitriles is 1. The Morgan fingerprint density at radius 2 is 2.24 bits per heavy atom. The molecule has 2 rings (SSSR count). The third kappa shape index (κ3) is 3.45. The normalized spacial score (nSPS) is 9.71. The van der Waals surface area contributed by atoms with Crippen molar-refractivity contribution < 1.29 is 9.66 Å². The first-order valence-corrected chi connectivity index (χ1v) is 6.05. The lowest BCUT2D eigenvalue weighted by atomic mass is 10.1. The summed E-state index contributed by atoms with van der Waals surface area (Å²) < 4.78 is 4.96. The number of ether oxygens (including phenoxy) is 1. The lowest BCUT2D eigenvalue weighted by Gasteiger charge is -2.07. The summed E-state index contributed by atoms with van der Waals surface area (Å²) in [5.41, 5.74) is 1.30. The Labute approximate surface area is 121 Å². The molecule has 21 heavy (non-hydrogen) atoms. The number of methoxy groups -OCH3 is 1. The first-order valence-electron chi connectivity index (χ1n) is 6.05. The van der Waals surface area contributed by atoms with E-state index in [4.69, 9.17) is 10.00 Å². The van der Waals surface area contributed by atoms with Crippen LogP contribution in [0.4, 0.5) is 11.4 Å². The number of hydrogen-bond donors (Lipinski definition) is 1. The van der Waals surface area contributed by atoms with Crippen LogP contribution in [0, 0.1) is 21.4 Å². The fourth-order valence-electron chi connectivity index (χ4n) is 1.73. The van der Waals surface area contributed by atoms with Crippen LogP contribution in [0.2, 0.25) is 0 Å². The number of benzene rings is 1. The van der Waals surface area contributed by atoms with Crippen LogP contribution in [0.1, 0.15) is 11.1 Å². The summed E-state index contributed by atoms with van der Waals surface area (Å²) in [6.07, 6.45) is 1.66. The Balaban J connectivity index is 2.11. The van der Waals surface area contributed by atoms with Gasteiger partial charge in [-0.2, -0.15) is 5.26 Å². The van der Waals surface area contributed by atoms with Gasteiger partial charge in [0.25, 0.3) is 5.69 Å². The van der Waals surface area contributed by atoms with Gasteiger partial charge in [-0.25, -0.2) is 4.98 Å². The van der Waals surface area contributed by atoms with Crippen molar-refractivity contribution >= 4 is 11.4 Å². The van der Waals surface area contributed by atoms with Crippen molar-refractivity contribution in [2.75, 3.05) is 12.4 Å². The van der Waals surface area contributed by atoms with Gasteiger partial charge in [-0.05, 0) is 17.7 Å². The van der Waals surface area contributed by atoms with Crippen LogP contribution in [0.15, 0.2) is 36.5 Å². The zero-order chi connectivity index (χ0) is 15.2. The third-order valence-electron chi connectivity index (χ3n) is 2.82. The van der Waals surface area contributed by atoms with Crippen molar-refractivity contribution in [3.63, 3.8) is 0 Å². The zero-order valence-corrected chi connectivity index (χ0v) is 11.2. The van der Waals surface area contributed by atoms with Crippen LogP contribution in [0.25, 0.3) is 0 Å². The minimum Gasteiger partial charge on any atom is -0.481 e. The molecule has 1 aromatic carbocycles. The summed E-state index contributed by atoms with van der Waals surface area (Å²) in [5, 5.41) is 22.8. The Morgan fingerprint density at radius 1 is 1.43 bits per heavy atom. The van der Waals surface area contributed by atoms with Gasteiger partial charge in [0.15, 0.2) is 0 Å². The Morgan fingerprint density at radius 3 is 2.81 bits per heavy atom. The molecule has 0 atom stereocenters. The number of nitrogens with one attached hydrogen (secondary N) is 1. The van der Waals surface area contributed by atoms with Crippen LogP contribution in [0.5, 0.6) is 5.88 Å². The molecule has 0 fully saturated rings. The topological polar surface area (TPSA) is 101 Å². The third-order valence-corrected chi connectivity index (χ3v) is 2.82. The number of nitro benzene ring substituents is 1. The number of rotatable bonds is 5. The van der Waals surface area contributed by atoms with Crippen LogP contribution in [0.3, 0.4) is 0 Å². The van der Waals surface area contributed by atoms with E-state index in [9.17, 15) is 10.1 Å². The van der Waals surface area contributed by atoms with Crippen LogP contribution < -0.4 is 10.1 Å². The monoisotopic (exact) mass is 284 g/mol. The minimum atomic E-state index is -0.571. The quantitative estimate of drug-likeness (QED) is 0.668. The fourth-order valence-corrected chi connectivity index (χ4v) is 1.73. The molecule has 2 aromatic rings. The predicted molar refractivity (Wildman–Crippen MR) is 75.9 cm³/mol. The number of aromatic nitrogens is 1. The van der Waals surface area contributed by atoms with Crippen molar-refractivity contribution in [2.24, 2.45) is 0 Å². The van der Waals surface area contributed by atoms with Gasteiger partial charge in [0.2, 0.25) is 5.88 Å². The molecule has 0 unspecified atom stereocenters. The maximum atomic E-state index is 10.9. The average molecular weight is 284 g/mol. The number of pyridine rings is 1. The maximum Gasteiger partial charge on any atom is 0.289 e. The van der Waals surface area contributed by atoms with E-state index in [0.29, 0.717) is 18.1 Å². The number of hydrogen-bond acceptors (Lipinski definition) is 6. The zero-order valence-electron chi connectivity index (χ0n) is 11.2. The Kier molecular flexibility index (Phi) is 4.31. The SMILES string of the molecule is COc1ccc(CNc2ccc(C#N)c([N+](=O)[O-])c2)cn1. The summed E-state index contributed by atoms with van der Waals surface area (Å²) in [7, 11) is 1.54. The minimum absolute atomic E-state index is 0.0386. The van der Waals surface area contributed by atoms with Crippen molar-refractivity contribution in [1.82, 2.24) is 4.98 Å². The molecular weight excluding hydrogens is 272 g/mol. The average Bonchev–Trinajstić information content (AvgIpc) is 2.53. The summed E-state index contributed by atoms with van der Waals surface area (Å²) in [5.74, 6) is 0.521. The second-order valence-corrected chi connectivity index (χ2v) is 4.16. The molecule has 0 saturated heterocycles. The van der Waals surface area contributed by atoms with Crippen LogP contribution in [-0.2, 0) is 6.54 Å². The summed E-state index contributed by atoms with van der Waals surface area (Å²) in [6, 6.07) is 9.77. The van der Waals surface area contributed by atoms with Crippen molar-refractivity contribution in [3.8, 4) is 11.9 Å². The smallest absolute Gasteiger partial charge is 0.289 e. The van der Waals surface area contributed by atoms with Crippen LogP contribution in [-0.4, -0.2) is 17.0 Å². The van der Waals surface area contributed by atoms with Gasteiger partial charge in [0.05, 0.1) is 12.0 Å². The number of nitrogens with zero attached hydrogens (tertiary/aromatic N) is 3. The van der Waals surface area contributed by atoms with E-state index in [0.717, 1.165) is 5.56 Å². The van der Waals surface area contributed by atoms with E-state index in [1.807, 2.05) is 6.07 Å². The molecule has 7 heteroatoms. The van der Waals surface area contributed by atoms with Gasteiger partial charge in [0, 0.05) is 30.6 Å². The van der Waals surface area contributed by atoms with Crippen molar-refractivity contribution in [2.45, 2.75) is 6.54 Å². The van der Waals surface area contributed by atoms with E-state index in [-0.39, 0.29) is 11.3 Å². The standard InChI is InChI=1S/C14H12N4O3/c1-21-14-5-2-10(9-17-14)8-16-12-4-3-11(7-15)13(6-12)18(19)20/h2-6,9,16H,8H2,1H3. The van der Waals surface area contributed by atoms with E-state index in [2.05, 4.69) is 10.3 Å². The highest BCUT2D eigenvalue weighted by molar-refractivity contribution is 5.59. The first kappa shape index (κ1) is 14.3. The van der Waals surface area contributed by atoms with Gasteiger partial charge >= 0.3 is 0 Å². The molecule has 0 aliphatic rings. The van der Waals surface area contributed by atoms with E-state index >= 15 is 0 Å². The molecule has 1 heterocycles. The molecule has 1 N–H and O–H groups in total. The number of nitro groups is 1. The molecule has 0 aliphatic carbocycles.